The number of guanidine groups is 1. The Hall–Kier alpha value is -1.68. The second-order valence-corrected chi connectivity index (χ2v) is 9.83. The minimum absolute atomic E-state index is 0. The largest absolute Gasteiger partial charge is 0.357 e. The molecule has 4 heterocycles. The van der Waals surface area contributed by atoms with Crippen LogP contribution in [-0.2, 0) is 26.1 Å². The predicted octanol–water partition coefficient (Wildman–Crippen LogP) is 4.07. The number of hydrogen-bond acceptors (Lipinski definition) is 4. The highest BCUT2D eigenvalue weighted by atomic mass is 127. The van der Waals surface area contributed by atoms with Crippen molar-refractivity contribution < 1.29 is 0 Å². The monoisotopic (exact) mass is 577 g/mol. The minimum Gasteiger partial charge on any atom is -0.357 e. The summed E-state index contributed by atoms with van der Waals surface area (Å²) >= 11 is 0. The standard InChI is InChI=1S/C26H39N7.HI/c1-2-27-26(28-18-25-30-29-24-13-7-4-8-16-33(24)25)32-17-14-23-22(20-32)12-9-15-31(23)19-21-10-5-3-6-11-21;/h3,5-6,10-11,22-23H,2,4,7-9,12-20H2,1H3,(H,27,28);1H. The Labute approximate surface area is 221 Å². The average Bonchev–Trinajstić information content (AvgIpc) is 3.08. The van der Waals surface area contributed by atoms with Crippen LogP contribution < -0.4 is 5.32 Å². The van der Waals surface area contributed by atoms with Crippen molar-refractivity contribution in [3.63, 3.8) is 0 Å². The van der Waals surface area contributed by atoms with Gasteiger partial charge in [0.15, 0.2) is 11.8 Å². The van der Waals surface area contributed by atoms with Gasteiger partial charge < -0.3 is 14.8 Å². The molecule has 2 saturated heterocycles. The van der Waals surface area contributed by atoms with Gasteiger partial charge in [0.25, 0.3) is 0 Å². The fraction of sp³-hybridized carbons (Fsp3) is 0.654. The van der Waals surface area contributed by atoms with Crippen LogP contribution in [0.15, 0.2) is 35.3 Å². The molecule has 1 N–H and O–H groups in total. The molecule has 0 saturated carbocycles. The number of nitrogens with one attached hydrogen (secondary N) is 1. The summed E-state index contributed by atoms with van der Waals surface area (Å²) in [7, 11) is 0. The first-order valence-electron chi connectivity index (χ1n) is 13.0. The van der Waals surface area contributed by atoms with Gasteiger partial charge in [0.05, 0.1) is 0 Å². The number of aryl methyl sites for hydroxylation is 1. The number of halogens is 1. The summed E-state index contributed by atoms with van der Waals surface area (Å²) in [5.74, 6) is 3.92. The molecular weight excluding hydrogens is 537 g/mol. The fourth-order valence-corrected chi connectivity index (χ4v) is 5.95. The van der Waals surface area contributed by atoms with Gasteiger partial charge in [0.1, 0.15) is 12.4 Å². The summed E-state index contributed by atoms with van der Waals surface area (Å²) in [5.41, 5.74) is 1.43. The van der Waals surface area contributed by atoms with Crippen molar-refractivity contribution in [1.29, 1.82) is 0 Å². The van der Waals surface area contributed by atoms with E-state index >= 15 is 0 Å². The van der Waals surface area contributed by atoms with Crippen molar-refractivity contribution in [1.82, 2.24) is 29.9 Å². The van der Waals surface area contributed by atoms with Crippen LogP contribution in [0.5, 0.6) is 0 Å². The molecule has 8 heteroatoms. The van der Waals surface area contributed by atoms with E-state index in [-0.39, 0.29) is 24.0 Å². The predicted molar refractivity (Wildman–Crippen MR) is 147 cm³/mol. The lowest BCUT2D eigenvalue weighted by molar-refractivity contribution is 0.0372. The molecular formula is C26H40IN7. The van der Waals surface area contributed by atoms with E-state index in [1.807, 2.05) is 0 Å². The van der Waals surface area contributed by atoms with E-state index in [1.54, 1.807) is 0 Å². The first kappa shape index (κ1) is 25.4. The molecule has 34 heavy (non-hydrogen) atoms. The molecule has 1 aromatic heterocycles. The van der Waals surface area contributed by atoms with E-state index < -0.39 is 0 Å². The Kier molecular flexibility index (Phi) is 9.22. The van der Waals surface area contributed by atoms with Crippen LogP contribution >= 0.6 is 24.0 Å². The third-order valence-electron chi connectivity index (χ3n) is 7.60. The van der Waals surface area contributed by atoms with Crippen LogP contribution in [0.3, 0.4) is 0 Å². The lowest BCUT2D eigenvalue weighted by atomic mass is 9.83. The summed E-state index contributed by atoms with van der Waals surface area (Å²) in [6, 6.07) is 11.6. The number of fused-ring (bicyclic) bond motifs is 2. The van der Waals surface area contributed by atoms with Crippen LogP contribution in [0.1, 0.15) is 62.7 Å². The quantitative estimate of drug-likeness (QED) is 0.330. The number of aliphatic imine (C=N–C) groups is 1. The second-order valence-electron chi connectivity index (χ2n) is 9.83. The fourth-order valence-electron chi connectivity index (χ4n) is 5.95. The van der Waals surface area contributed by atoms with E-state index in [0.29, 0.717) is 18.5 Å². The molecule has 2 atom stereocenters. The Morgan fingerprint density at radius 2 is 1.91 bits per heavy atom. The molecule has 186 valence electrons. The lowest BCUT2D eigenvalue weighted by Gasteiger charge is -2.48. The van der Waals surface area contributed by atoms with Crippen molar-refractivity contribution in [2.75, 3.05) is 26.2 Å². The highest BCUT2D eigenvalue weighted by molar-refractivity contribution is 14.0. The van der Waals surface area contributed by atoms with Crippen molar-refractivity contribution in [2.24, 2.45) is 10.9 Å². The molecule has 0 spiro atoms. The molecule has 5 rings (SSSR count). The molecule has 2 unspecified atom stereocenters. The summed E-state index contributed by atoms with van der Waals surface area (Å²) in [4.78, 5) is 10.3. The zero-order valence-electron chi connectivity index (χ0n) is 20.5. The zero-order chi connectivity index (χ0) is 22.5. The molecule has 0 bridgehead atoms. The van der Waals surface area contributed by atoms with Gasteiger partial charge in [0.2, 0.25) is 0 Å². The summed E-state index contributed by atoms with van der Waals surface area (Å²) in [5, 5.41) is 12.5. The maximum Gasteiger partial charge on any atom is 0.194 e. The average molecular weight is 578 g/mol. The molecule has 1 aromatic carbocycles. The van der Waals surface area contributed by atoms with Crippen LogP contribution in [0, 0.1) is 5.92 Å². The smallest absolute Gasteiger partial charge is 0.194 e. The van der Waals surface area contributed by atoms with Gasteiger partial charge in [-0.25, -0.2) is 4.99 Å². The van der Waals surface area contributed by atoms with Gasteiger partial charge >= 0.3 is 0 Å². The van der Waals surface area contributed by atoms with Crippen molar-refractivity contribution in [3.05, 3.63) is 47.5 Å². The topological polar surface area (TPSA) is 61.6 Å². The Morgan fingerprint density at radius 3 is 2.76 bits per heavy atom. The maximum atomic E-state index is 5.04. The summed E-state index contributed by atoms with van der Waals surface area (Å²) < 4.78 is 2.31. The maximum absolute atomic E-state index is 5.04. The van der Waals surface area contributed by atoms with E-state index in [4.69, 9.17) is 4.99 Å². The zero-order valence-corrected chi connectivity index (χ0v) is 22.9. The number of piperidine rings is 2. The van der Waals surface area contributed by atoms with Gasteiger partial charge in [-0.1, -0.05) is 36.8 Å². The van der Waals surface area contributed by atoms with Gasteiger partial charge in [-0.05, 0) is 57.1 Å². The van der Waals surface area contributed by atoms with E-state index in [9.17, 15) is 0 Å². The number of rotatable bonds is 5. The highest BCUT2D eigenvalue weighted by Crippen LogP contribution is 2.31. The third kappa shape index (κ3) is 5.93. The molecule has 0 amide bonds. The molecule has 7 nitrogen and oxygen atoms in total. The first-order chi connectivity index (χ1) is 16.3. The van der Waals surface area contributed by atoms with Crippen LogP contribution in [0.2, 0.25) is 0 Å². The van der Waals surface area contributed by atoms with Crippen LogP contribution in [0.25, 0.3) is 0 Å². The number of benzene rings is 1. The number of nitrogens with zero attached hydrogens (tertiary/aromatic N) is 6. The van der Waals surface area contributed by atoms with Crippen LogP contribution in [-0.4, -0.2) is 62.7 Å². The third-order valence-corrected chi connectivity index (χ3v) is 7.60. The SMILES string of the molecule is CCNC(=NCc1nnc2n1CCCCC2)N1CCC2C(CCCN2Cc2ccccc2)C1.I. The molecule has 0 aliphatic carbocycles. The highest BCUT2D eigenvalue weighted by Gasteiger charge is 2.36. The van der Waals surface area contributed by atoms with Crippen molar-refractivity contribution in [3.8, 4) is 0 Å². The van der Waals surface area contributed by atoms with Gasteiger partial charge in [-0.15, -0.1) is 34.2 Å². The van der Waals surface area contributed by atoms with Crippen molar-refractivity contribution >= 4 is 29.9 Å². The number of hydrogen-bond donors (Lipinski definition) is 1. The van der Waals surface area contributed by atoms with Crippen LogP contribution in [0.4, 0.5) is 0 Å². The molecule has 2 fully saturated rings. The molecule has 2 aromatic rings. The van der Waals surface area contributed by atoms with E-state index in [0.717, 1.165) is 56.8 Å². The van der Waals surface area contributed by atoms with Gasteiger partial charge in [-0.2, -0.15) is 0 Å². The van der Waals surface area contributed by atoms with Gasteiger partial charge in [-0.3, -0.25) is 4.90 Å². The Morgan fingerprint density at radius 1 is 1.03 bits per heavy atom. The van der Waals surface area contributed by atoms with E-state index in [2.05, 4.69) is 67.1 Å². The first-order valence-corrected chi connectivity index (χ1v) is 13.0. The molecule has 3 aliphatic heterocycles. The molecule has 0 radical (unpaired) electrons. The normalized spacial score (nSPS) is 23.4. The summed E-state index contributed by atoms with van der Waals surface area (Å²) in [6.07, 6.45) is 8.60. The lowest BCUT2D eigenvalue weighted by Crippen LogP contribution is -2.56. The van der Waals surface area contributed by atoms with Gasteiger partial charge in [0, 0.05) is 45.2 Å². The molecule has 3 aliphatic rings. The minimum atomic E-state index is 0. The Bertz CT molecular complexity index is 928. The number of aromatic nitrogens is 3. The second kappa shape index (κ2) is 12.3. The van der Waals surface area contributed by atoms with Crippen molar-refractivity contribution in [2.45, 2.75) is 77.5 Å². The Balaban J connectivity index is 0.00000274. The van der Waals surface area contributed by atoms with E-state index in [1.165, 1.54) is 50.6 Å². The number of likely N-dealkylation sites (tertiary alicyclic amines) is 2. The summed E-state index contributed by atoms with van der Waals surface area (Å²) in [6.45, 7) is 9.16.